The molecule has 0 radical (unpaired) electrons. The number of ether oxygens (including phenoxy) is 1. The summed E-state index contributed by atoms with van der Waals surface area (Å²) in [6.07, 6.45) is 0. The molecule has 0 aliphatic rings. The first-order valence-electron chi connectivity index (χ1n) is 4.87. The molecular formula is C11H13NO4S. The minimum atomic E-state index is -1.05. The normalized spacial score (nSPS) is 9.71. The van der Waals surface area contributed by atoms with E-state index >= 15 is 0 Å². The maximum atomic E-state index is 11.2. The van der Waals surface area contributed by atoms with E-state index in [-0.39, 0.29) is 18.2 Å². The zero-order chi connectivity index (χ0) is 12.7. The lowest BCUT2D eigenvalue weighted by Crippen LogP contribution is -2.30. The van der Waals surface area contributed by atoms with Gasteiger partial charge < -0.3 is 15.2 Å². The SMILES string of the molecule is COc1ccc(SCC(=O)NCC(=O)O)cc1. The summed E-state index contributed by atoms with van der Waals surface area (Å²) in [5.41, 5.74) is 0. The van der Waals surface area contributed by atoms with Gasteiger partial charge in [0, 0.05) is 4.90 Å². The lowest BCUT2D eigenvalue weighted by molar-refractivity contribution is -0.137. The van der Waals surface area contributed by atoms with Gasteiger partial charge in [-0.25, -0.2) is 0 Å². The topological polar surface area (TPSA) is 75.6 Å². The molecule has 0 aliphatic heterocycles. The number of rotatable bonds is 6. The Morgan fingerprint density at radius 1 is 1.35 bits per heavy atom. The summed E-state index contributed by atoms with van der Waals surface area (Å²) in [6.45, 7) is -0.345. The first-order valence-corrected chi connectivity index (χ1v) is 5.85. The Morgan fingerprint density at radius 3 is 2.53 bits per heavy atom. The molecule has 0 heterocycles. The fourth-order valence-electron chi connectivity index (χ4n) is 1.05. The Morgan fingerprint density at radius 2 is 2.00 bits per heavy atom. The van der Waals surface area contributed by atoms with Crippen LogP contribution in [-0.4, -0.2) is 36.4 Å². The van der Waals surface area contributed by atoms with Crippen LogP contribution in [0.5, 0.6) is 5.75 Å². The van der Waals surface area contributed by atoms with Gasteiger partial charge in [-0.1, -0.05) is 0 Å². The van der Waals surface area contributed by atoms with Crippen LogP contribution in [0, 0.1) is 0 Å². The van der Waals surface area contributed by atoms with Gasteiger partial charge in [0.05, 0.1) is 12.9 Å². The molecule has 0 bridgehead atoms. The summed E-state index contributed by atoms with van der Waals surface area (Å²) < 4.78 is 5.01. The van der Waals surface area contributed by atoms with E-state index in [4.69, 9.17) is 9.84 Å². The number of hydrogen-bond donors (Lipinski definition) is 2. The van der Waals surface area contributed by atoms with Crippen molar-refractivity contribution in [1.82, 2.24) is 5.32 Å². The molecule has 1 aromatic carbocycles. The van der Waals surface area contributed by atoms with Crippen molar-refractivity contribution in [3.8, 4) is 5.75 Å². The van der Waals surface area contributed by atoms with Crippen molar-refractivity contribution in [3.63, 3.8) is 0 Å². The fraction of sp³-hybridized carbons (Fsp3) is 0.273. The number of carboxylic acid groups (broad SMARTS) is 1. The summed E-state index contributed by atoms with van der Waals surface area (Å²) in [4.78, 5) is 22.4. The van der Waals surface area contributed by atoms with Crippen LogP contribution in [0.4, 0.5) is 0 Å². The fourth-order valence-corrected chi connectivity index (χ4v) is 1.77. The number of carbonyl (C=O) groups is 2. The Labute approximate surface area is 103 Å². The highest BCUT2D eigenvalue weighted by Crippen LogP contribution is 2.20. The molecule has 0 fully saturated rings. The second kappa shape index (κ2) is 6.80. The van der Waals surface area contributed by atoms with Crippen LogP contribution in [0.2, 0.25) is 0 Å². The van der Waals surface area contributed by atoms with Crippen LogP contribution >= 0.6 is 11.8 Å². The minimum Gasteiger partial charge on any atom is -0.497 e. The van der Waals surface area contributed by atoms with Crippen molar-refractivity contribution in [1.29, 1.82) is 0 Å². The highest BCUT2D eigenvalue weighted by atomic mass is 32.2. The summed E-state index contributed by atoms with van der Waals surface area (Å²) in [7, 11) is 1.58. The van der Waals surface area contributed by atoms with Gasteiger partial charge in [0.2, 0.25) is 5.91 Å². The molecule has 92 valence electrons. The molecule has 0 saturated carbocycles. The van der Waals surface area contributed by atoms with Crippen molar-refractivity contribution in [2.24, 2.45) is 0 Å². The monoisotopic (exact) mass is 255 g/mol. The molecule has 0 unspecified atom stereocenters. The molecule has 0 aromatic heterocycles. The zero-order valence-corrected chi connectivity index (χ0v) is 10.1. The predicted molar refractivity (Wildman–Crippen MR) is 64.4 cm³/mol. The number of methoxy groups -OCH3 is 1. The number of carbonyl (C=O) groups excluding carboxylic acids is 1. The van der Waals surface area contributed by atoms with Gasteiger partial charge in [-0.2, -0.15) is 0 Å². The molecule has 0 aliphatic carbocycles. The minimum absolute atomic E-state index is 0.194. The predicted octanol–water partition coefficient (Wildman–Crippen LogP) is 0.988. The van der Waals surface area contributed by atoms with Crippen LogP contribution in [-0.2, 0) is 9.59 Å². The van der Waals surface area contributed by atoms with Crippen molar-refractivity contribution >= 4 is 23.6 Å². The third kappa shape index (κ3) is 5.26. The number of hydrogen-bond acceptors (Lipinski definition) is 4. The van der Waals surface area contributed by atoms with E-state index in [1.807, 2.05) is 12.1 Å². The van der Waals surface area contributed by atoms with E-state index in [1.165, 1.54) is 11.8 Å². The lowest BCUT2D eigenvalue weighted by Gasteiger charge is -2.03. The van der Waals surface area contributed by atoms with E-state index in [2.05, 4.69) is 5.32 Å². The molecule has 6 heteroatoms. The van der Waals surface area contributed by atoms with Gasteiger partial charge in [0.25, 0.3) is 0 Å². The van der Waals surface area contributed by atoms with E-state index in [0.29, 0.717) is 0 Å². The Hall–Kier alpha value is -1.69. The Kier molecular flexibility index (Phi) is 5.35. The summed E-state index contributed by atoms with van der Waals surface area (Å²) >= 11 is 1.34. The van der Waals surface area contributed by atoms with Gasteiger partial charge >= 0.3 is 5.97 Å². The first kappa shape index (κ1) is 13.4. The average molecular weight is 255 g/mol. The molecular weight excluding hydrogens is 242 g/mol. The highest BCUT2D eigenvalue weighted by Gasteiger charge is 2.04. The van der Waals surface area contributed by atoms with Crippen molar-refractivity contribution in [2.75, 3.05) is 19.4 Å². The second-order valence-corrected chi connectivity index (χ2v) is 4.18. The van der Waals surface area contributed by atoms with E-state index in [0.717, 1.165) is 10.6 Å². The molecule has 17 heavy (non-hydrogen) atoms. The molecule has 1 amide bonds. The molecule has 1 aromatic rings. The largest absolute Gasteiger partial charge is 0.497 e. The van der Waals surface area contributed by atoms with E-state index in [1.54, 1.807) is 19.2 Å². The highest BCUT2D eigenvalue weighted by molar-refractivity contribution is 8.00. The lowest BCUT2D eigenvalue weighted by atomic mass is 10.3. The van der Waals surface area contributed by atoms with Crippen LogP contribution in [0.1, 0.15) is 0 Å². The van der Waals surface area contributed by atoms with Gasteiger partial charge in [-0.3, -0.25) is 9.59 Å². The van der Waals surface area contributed by atoms with Crippen molar-refractivity contribution in [2.45, 2.75) is 4.90 Å². The summed E-state index contributed by atoms with van der Waals surface area (Å²) in [5, 5.41) is 10.7. The van der Waals surface area contributed by atoms with Crippen LogP contribution in [0.3, 0.4) is 0 Å². The number of carboxylic acids is 1. The molecule has 0 saturated heterocycles. The van der Waals surface area contributed by atoms with Crippen LogP contribution < -0.4 is 10.1 Å². The van der Waals surface area contributed by atoms with Crippen LogP contribution in [0.25, 0.3) is 0 Å². The third-order valence-corrected chi connectivity index (χ3v) is 2.88. The summed E-state index contributed by atoms with van der Waals surface area (Å²) in [6, 6.07) is 7.29. The first-order chi connectivity index (χ1) is 8.11. The van der Waals surface area contributed by atoms with Crippen molar-refractivity contribution in [3.05, 3.63) is 24.3 Å². The molecule has 1 rings (SSSR count). The van der Waals surface area contributed by atoms with E-state index in [9.17, 15) is 9.59 Å². The number of thioether (sulfide) groups is 1. The van der Waals surface area contributed by atoms with Crippen molar-refractivity contribution < 1.29 is 19.4 Å². The maximum Gasteiger partial charge on any atom is 0.322 e. The number of amides is 1. The maximum absolute atomic E-state index is 11.2. The Balaban J connectivity index is 2.34. The standard InChI is InChI=1S/C11H13NO4S/c1-16-8-2-4-9(5-3-8)17-7-10(13)12-6-11(14)15/h2-5H,6-7H2,1H3,(H,12,13)(H,14,15). The van der Waals surface area contributed by atoms with Gasteiger partial charge in [0.1, 0.15) is 12.3 Å². The van der Waals surface area contributed by atoms with Gasteiger partial charge in [-0.05, 0) is 24.3 Å². The number of nitrogens with one attached hydrogen (secondary N) is 1. The molecule has 0 spiro atoms. The quantitative estimate of drug-likeness (QED) is 0.741. The zero-order valence-electron chi connectivity index (χ0n) is 9.30. The Bertz CT molecular complexity index is 391. The molecule has 2 N–H and O–H groups in total. The number of aliphatic carboxylic acids is 1. The average Bonchev–Trinajstić information content (AvgIpc) is 2.34. The van der Waals surface area contributed by atoms with E-state index < -0.39 is 5.97 Å². The van der Waals surface area contributed by atoms with Crippen LogP contribution in [0.15, 0.2) is 29.2 Å². The molecule has 0 atom stereocenters. The third-order valence-electron chi connectivity index (χ3n) is 1.87. The molecule has 5 nitrogen and oxygen atoms in total. The second-order valence-electron chi connectivity index (χ2n) is 3.13. The van der Waals surface area contributed by atoms with Gasteiger partial charge in [0.15, 0.2) is 0 Å². The summed E-state index contributed by atoms with van der Waals surface area (Å²) in [5.74, 6) is -0.398. The van der Waals surface area contributed by atoms with Gasteiger partial charge in [-0.15, -0.1) is 11.8 Å². The number of benzene rings is 1. The smallest absolute Gasteiger partial charge is 0.322 e.